The summed E-state index contributed by atoms with van der Waals surface area (Å²) in [6.45, 7) is -0.266. The van der Waals surface area contributed by atoms with E-state index in [-0.39, 0.29) is 42.0 Å². The van der Waals surface area contributed by atoms with Gasteiger partial charge in [0.2, 0.25) is 10.0 Å². The van der Waals surface area contributed by atoms with E-state index in [0.717, 1.165) is 10.7 Å². The third-order valence-electron chi connectivity index (χ3n) is 3.65. The number of aliphatic hydroxyl groups excluding tert-OH is 1. The summed E-state index contributed by atoms with van der Waals surface area (Å²) in [6.07, 6.45) is 0. The maximum Gasteiger partial charge on any atom is 0.244 e. The van der Waals surface area contributed by atoms with Crippen molar-refractivity contribution in [3.63, 3.8) is 0 Å². The summed E-state index contributed by atoms with van der Waals surface area (Å²) in [5.74, 6) is 5.56. The van der Waals surface area contributed by atoms with Crippen LogP contribution in [0.1, 0.15) is 11.1 Å². The van der Waals surface area contributed by atoms with Crippen LogP contribution in [0, 0.1) is 5.82 Å². The third-order valence-corrected chi connectivity index (χ3v) is 5.15. The summed E-state index contributed by atoms with van der Waals surface area (Å²) in [5.41, 5.74) is 7.08. The van der Waals surface area contributed by atoms with Crippen molar-refractivity contribution in [3.8, 4) is 5.75 Å². The van der Waals surface area contributed by atoms with Crippen molar-refractivity contribution in [3.05, 3.63) is 59.4 Å². The molecule has 2 aromatic rings. The van der Waals surface area contributed by atoms with Crippen LogP contribution in [0.4, 0.5) is 4.39 Å². The number of methoxy groups -OCH3 is 1. The van der Waals surface area contributed by atoms with E-state index in [1.165, 1.54) is 37.4 Å². The molecule has 28 heavy (non-hydrogen) atoms. The normalized spacial score (nSPS) is 12.1. The highest BCUT2D eigenvalue weighted by Gasteiger charge is 2.20. The summed E-state index contributed by atoms with van der Waals surface area (Å²) in [4.78, 5) is -0.101. The molecule has 0 aliphatic heterocycles. The third kappa shape index (κ3) is 5.63. The van der Waals surface area contributed by atoms with Gasteiger partial charge in [-0.05, 0) is 35.9 Å². The molecular weight excluding hydrogens is 389 g/mol. The number of benzene rings is 2. The molecule has 0 amide bonds. The average molecular weight is 411 g/mol. The van der Waals surface area contributed by atoms with Gasteiger partial charge >= 0.3 is 0 Å². The van der Waals surface area contributed by atoms with Gasteiger partial charge < -0.3 is 15.6 Å². The zero-order valence-electron chi connectivity index (χ0n) is 15.2. The first-order chi connectivity index (χ1) is 13.3. The summed E-state index contributed by atoms with van der Waals surface area (Å²) in [5, 5.41) is 13.9. The molecule has 2 aromatic carbocycles. The first-order valence-electron chi connectivity index (χ1n) is 8.16. The number of rotatable bonds is 9. The fourth-order valence-electron chi connectivity index (χ4n) is 2.32. The SMILES string of the molecule is COc1cc(/C(N)=N/N(N)Cc2ccc(F)cc2)ccc1S(=O)(=O)NCCO. The Kier molecular flexibility index (Phi) is 7.29. The summed E-state index contributed by atoms with van der Waals surface area (Å²) in [6, 6.07) is 9.96. The van der Waals surface area contributed by atoms with Crippen molar-refractivity contribution in [2.45, 2.75) is 11.4 Å². The van der Waals surface area contributed by atoms with Crippen molar-refractivity contribution in [1.29, 1.82) is 0 Å². The molecule has 0 saturated carbocycles. The lowest BCUT2D eigenvalue weighted by atomic mass is 10.2. The van der Waals surface area contributed by atoms with Crippen molar-refractivity contribution < 1.29 is 22.7 Å². The van der Waals surface area contributed by atoms with E-state index in [0.29, 0.717) is 5.56 Å². The molecule has 0 aliphatic carbocycles. The number of hydrazone groups is 1. The number of hydrogen-bond acceptors (Lipinski definition) is 7. The molecule has 6 N–H and O–H groups in total. The van der Waals surface area contributed by atoms with Crippen molar-refractivity contribution in [2.75, 3.05) is 20.3 Å². The first-order valence-corrected chi connectivity index (χ1v) is 9.65. The Bertz CT molecular complexity index is 935. The summed E-state index contributed by atoms with van der Waals surface area (Å²) in [7, 11) is -2.54. The predicted molar refractivity (Wildman–Crippen MR) is 102 cm³/mol. The van der Waals surface area contributed by atoms with E-state index in [1.54, 1.807) is 12.1 Å². The number of halogens is 1. The Labute approximate surface area is 162 Å². The van der Waals surface area contributed by atoms with E-state index >= 15 is 0 Å². The number of hydrazine groups is 1. The van der Waals surface area contributed by atoms with Gasteiger partial charge in [0.25, 0.3) is 0 Å². The quantitative estimate of drug-likeness (QED) is 0.198. The number of amidine groups is 1. The molecule has 0 atom stereocenters. The maximum atomic E-state index is 12.9. The molecule has 11 heteroatoms. The van der Waals surface area contributed by atoms with Crippen molar-refractivity contribution >= 4 is 15.9 Å². The Morgan fingerprint density at radius 3 is 2.57 bits per heavy atom. The second-order valence-corrected chi connectivity index (χ2v) is 7.43. The van der Waals surface area contributed by atoms with Crippen LogP contribution in [0.15, 0.2) is 52.5 Å². The van der Waals surface area contributed by atoms with Gasteiger partial charge in [-0.15, -0.1) is 5.10 Å². The van der Waals surface area contributed by atoms with Gasteiger partial charge in [-0.2, -0.15) is 0 Å². The Hall–Kier alpha value is -2.73. The molecule has 0 aliphatic rings. The second kappa shape index (κ2) is 9.46. The van der Waals surface area contributed by atoms with Crippen LogP contribution in [0.5, 0.6) is 5.75 Å². The zero-order valence-corrected chi connectivity index (χ0v) is 16.0. The number of sulfonamides is 1. The molecule has 0 fully saturated rings. The smallest absolute Gasteiger partial charge is 0.244 e. The van der Waals surface area contributed by atoms with Crippen LogP contribution in [-0.4, -0.2) is 44.7 Å². The van der Waals surface area contributed by atoms with Gasteiger partial charge in [-0.1, -0.05) is 12.1 Å². The number of nitrogens with two attached hydrogens (primary N) is 2. The molecule has 0 aromatic heterocycles. The monoisotopic (exact) mass is 411 g/mol. The summed E-state index contributed by atoms with van der Waals surface area (Å²) >= 11 is 0. The van der Waals surface area contributed by atoms with Crippen LogP contribution in [0.2, 0.25) is 0 Å². The molecule has 0 saturated heterocycles. The topological polar surface area (TPSA) is 143 Å². The molecule has 0 spiro atoms. The lowest BCUT2D eigenvalue weighted by Gasteiger charge is -2.15. The van der Waals surface area contributed by atoms with E-state index in [4.69, 9.17) is 21.4 Å². The fourth-order valence-corrected chi connectivity index (χ4v) is 3.48. The molecule has 0 unspecified atom stereocenters. The van der Waals surface area contributed by atoms with Gasteiger partial charge in [0.1, 0.15) is 16.5 Å². The van der Waals surface area contributed by atoms with Crippen LogP contribution in [0.25, 0.3) is 0 Å². The predicted octanol–water partition coefficient (Wildman–Crippen LogP) is 0.101. The molecule has 0 heterocycles. The standard InChI is InChI=1S/C17H22FN5O4S/c1-27-15-10-13(4-7-16(15)28(25,26)21-8-9-24)17(19)22-23(20)11-12-2-5-14(18)6-3-12/h2-7,10,21,24H,8-9,11,20H2,1H3,(H2,19,22). The molecular formula is C17H22FN5O4S. The fraction of sp³-hybridized carbons (Fsp3) is 0.235. The van der Waals surface area contributed by atoms with E-state index in [9.17, 15) is 12.8 Å². The van der Waals surface area contributed by atoms with Gasteiger partial charge in [-0.3, -0.25) is 0 Å². The molecule has 2 rings (SSSR count). The first kappa shape index (κ1) is 21.6. The minimum Gasteiger partial charge on any atom is -0.495 e. The Morgan fingerprint density at radius 2 is 1.96 bits per heavy atom. The van der Waals surface area contributed by atoms with E-state index in [1.807, 2.05) is 0 Å². The molecule has 152 valence electrons. The van der Waals surface area contributed by atoms with Gasteiger partial charge in [-0.25, -0.2) is 28.5 Å². The maximum absolute atomic E-state index is 12.9. The largest absolute Gasteiger partial charge is 0.495 e. The number of hydrogen-bond donors (Lipinski definition) is 4. The van der Waals surface area contributed by atoms with E-state index < -0.39 is 10.0 Å². The van der Waals surface area contributed by atoms with Gasteiger partial charge in [0.15, 0.2) is 5.84 Å². The Balaban J connectivity index is 2.21. The minimum atomic E-state index is -3.86. The van der Waals surface area contributed by atoms with Gasteiger partial charge in [0, 0.05) is 12.1 Å². The number of nitrogens with zero attached hydrogens (tertiary/aromatic N) is 2. The second-order valence-electron chi connectivity index (χ2n) is 5.70. The highest BCUT2D eigenvalue weighted by molar-refractivity contribution is 7.89. The van der Waals surface area contributed by atoms with E-state index in [2.05, 4.69) is 9.82 Å². The van der Waals surface area contributed by atoms with Gasteiger partial charge in [0.05, 0.1) is 20.3 Å². The number of aliphatic hydroxyl groups is 1. The highest BCUT2D eigenvalue weighted by atomic mass is 32.2. The number of ether oxygens (including phenoxy) is 1. The minimum absolute atomic E-state index is 0.0372. The Morgan fingerprint density at radius 1 is 1.29 bits per heavy atom. The summed E-state index contributed by atoms with van der Waals surface area (Å²) < 4.78 is 44.8. The highest BCUT2D eigenvalue weighted by Crippen LogP contribution is 2.25. The van der Waals surface area contributed by atoms with Crippen molar-refractivity contribution in [2.24, 2.45) is 16.7 Å². The lowest BCUT2D eigenvalue weighted by Crippen LogP contribution is -2.29. The van der Waals surface area contributed by atoms with Crippen LogP contribution in [0.3, 0.4) is 0 Å². The molecule has 0 bridgehead atoms. The lowest BCUT2D eigenvalue weighted by molar-refractivity contribution is 0.290. The number of nitrogens with one attached hydrogen (secondary N) is 1. The average Bonchev–Trinajstić information content (AvgIpc) is 2.67. The van der Waals surface area contributed by atoms with Crippen LogP contribution in [-0.2, 0) is 16.6 Å². The zero-order chi connectivity index (χ0) is 20.7. The molecule has 0 radical (unpaired) electrons. The van der Waals surface area contributed by atoms with Crippen LogP contribution >= 0.6 is 0 Å². The van der Waals surface area contributed by atoms with Crippen LogP contribution < -0.4 is 21.0 Å². The van der Waals surface area contributed by atoms with Crippen molar-refractivity contribution in [1.82, 2.24) is 9.84 Å². The molecule has 9 nitrogen and oxygen atoms in total.